The molecule has 3 aromatic rings. The Hall–Kier alpha value is -3.90. The summed E-state index contributed by atoms with van der Waals surface area (Å²) < 4.78 is 5.26. The lowest BCUT2D eigenvalue weighted by Gasteiger charge is -2.19. The van der Waals surface area contributed by atoms with E-state index in [0.29, 0.717) is 25.3 Å². The van der Waals surface area contributed by atoms with Crippen molar-refractivity contribution >= 4 is 17.3 Å². The number of hydrogen-bond donors (Lipinski definition) is 2. The summed E-state index contributed by atoms with van der Waals surface area (Å²) in [6.45, 7) is 0.928. The molecule has 0 spiro atoms. The van der Waals surface area contributed by atoms with Gasteiger partial charge in [-0.1, -0.05) is 54.6 Å². The number of fused-ring (bicyclic) bond motifs is 1. The summed E-state index contributed by atoms with van der Waals surface area (Å²) in [5.74, 6) is 0.654. The molecule has 0 aromatic heterocycles. The minimum Gasteiger partial charge on any atom is -0.497 e. The molecule has 1 atom stereocenters. The van der Waals surface area contributed by atoms with E-state index in [2.05, 4.69) is 57.7 Å². The Morgan fingerprint density at radius 3 is 2.55 bits per heavy atom. The van der Waals surface area contributed by atoms with Crippen molar-refractivity contribution < 1.29 is 9.53 Å². The maximum Gasteiger partial charge on any atom is 0.272 e. The first-order valence-corrected chi connectivity index (χ1v) is 11.0. The number of hydrogen-bond acceptors (Lipinski definition) is 5. The van der Waals surface area contributed by atoms with Crippen LogP contribution in [-0.4, -0.2) is 25.4 Å². The van der Waals surface area contributed by atoms with Crippen molar-refractivity contribution in [3.8, 4) is 16.9 Å². The zero-order valence-electron chi connectivity index (χ0n) is 18.5. The fourth-order valence-corrected chi connectivity index (χ4v) is 4.41. The van der Waals surface area contributed by atoms with Gasteiger partial charge in [0, 0.05) is 12.2 Å². The molecule has 2 aliphatic rings. The lowest BCUT2D eigenvalue weighted by molar-refractivity contribution is -0.115. The maximum absolute atomic E-state index is 13.0. The van der Waals surface area contributed by atoms with E-state index in [0.717, 1.165) is 39.4 Å². The molecular weight excluding hydrogens is 412 g/mol. The highest BCUT2D eigenvalue weighted by Crippen LogP contribution is 2.31. The van der Waals surface area contributed by atoms with Crippen molar-refractivity contribution in [2.45, 2.75) is 19.0 Å². The third-order valence-electron chi connectivity index (χ3n) is 6.22. The molecule has 3 N–H and O–H groups in total. The first-order valence-electron chi connectivity index (χ1n) is 11.0. The fourth-order valence-electron chi connectivity index (χ4n) is 4.41. The van der Waals surface area contributed by atoms with E-state index in [-0.39, 0.29) is 11.9 Å². The summed E-state index contributed by atoms with van der Waals surface area (Å²) in [6, 6.07) is 24.2. The van der Waals surface area contributed by atoms with Gasteiger partial charge in [0.25, 0.3) is 5.91 Å². The number of aliphatic imine (C=N–C) groups is 1. The van der Waals surface area contributed by atoms with Crippen LogP contribution in [0.5, 0.6) is 5.75 Å². The van der Waals surface area contributed by atoms with Gasteiger partial charge in [-0.2, -0.15) is 0 Å². The molecule has 0 fully saturated rings. The second kappa shape index (κ2) is 8.92. The Labute approximate surface area is 193 Å². The Kier molecular flexibility index (Phi) is 5.67. The van der Waals surface area contributed by atoms with Gasteiger partial charge < -0.3 is 20.7 Å². The molecule has 6 nitrogen and oxygen atoms in total. The highest BCUT2D eigenvalue weighted by Gasteiger charge is 2.32. The molecule has 0 radical (unpaired) electrons. The zero-order valence-corrected chi connectivity index (χ0v) is 18.5. The minimum atomic E-state index is -0.141. The average Bonchev–Trinajstić information content (AvgIpc) is 3.23. The molecule has 33 heavy (non-hydrogen) atoms. The predicted octanol–water partition coefficient (Wildman–Crippen LogP) is 4.18. The van der Waals surface area contributed by atoms with Gasteiger partial charge in [0.1, 0.15) is 18.1 Å². The largest absolute Gasteiger partial charge is 0.497 e. The number of carbonyl (C=O) groups excluding carboxylic acids is 1. The number of carbonyl (C=O) groups is 1. The van der Waals surface area contributed by atoms with Crippen LogP contribution in [0.1, 0.15) is 23.6 Å². The molecule has 2 heterocycles. The number of benzene rings is 3. The quantitative estimate of drug-likeness (QED) is 0.626. The molecule has 5 rings (SSSR count). The molecular formula is C27H26N4O2. The van der Waals surface area contributed by atoms with E-state index >= 15 is 0 Å². The molecule has 0 saturated carbocycles. The zero-order chi connectivity index (χ0) is 22.8. The van der Waals surface area contributed by atoms with Gasteiger partial charge in [0.15, 0.2) is 0 Å². The van der Waals surface area contributed by atoms with Gasteiger partial charge in [-0.25, -0.2) is 0 Å². The summed E-state index contributed by atoms with van der Waals surface area (Å²) in [7, 11) is 1.65. The monoisotopic (exact) mass is 438 g/mol. The lowest BCUT2D eigenvalue weighted by atomic mass is 9.96. The molecule has 1 amide bonds. The molecule has 0 aliphatic carbocycles. The number of nitrogens with zero attached hydrogens (tertiary/aromatic N) is 2. The van der Waals surface area contributed by atoms with E-state index in [1.165, 1.54) is 0 Å². The highest BCUT2D eigenvalue weighted by molar-refractivity contribution is 6.47. The molecule has 3 aromatic carbocycles. The third kappa shape index (κ3) is 4.01. The number of rotatable bonds is 5. The van der Waals surface area contributed by atoms with Crippen LogP contribution in [0.2, 0.25) is 0 Å². The highest BCUT2D eigenvalue weighted by atomic mass is 16.5. The molecule has 6 heteroatoms. The van der Waals surface area contributed by atoms with Crippen LogP contribution in [0.3, 0.4) is 0 Å². The van der Waals surface area contributed by atoms with Crippen molar-refractivity contribution in [3.05, 3.63) is 95.7 Å². The number of amides is 1. The van der Waals surface area contributed by atoms with Gasteiger partial charge >= 0.3 is 0 Å². The summed E-state index contributed by atoms with van der Waals surface area (Å²) >= 11 is 0. The Morgan fingerprint density at radius 2 is 1.82 bits per heavy atom. The van der Waals surface area contributed by atoms with Crippen molar-refractivity contribution in [3.63, 3.8) is 0 Å². The number of ether oxygens (including phenoxy) is 1. The van der Waals surface area contributed by atoms with Crippen LogP contribution in [0, 0.1) is 0 Å². The van der Waals surface area contributed by atoms with E-state index in [4.69, 9.17) is 10.5 Å². The summed E-state index contributed by atoms with van der Waals surface area (Å²) in [4.78, 5) is 19.6. The molecule has 1 unspecified atom stereocenters. The van der Waals surface area contributed by atoms with Gasteiger partial charge in [0.2, 0.25) is 0 Å². The van der Waals surface area contributed by atoms with Crippen LogP contribution in [0.15, 0.2) is 89.6 Å². The van der Waals surface area contributed by atoms with E-state index in [1.807, 2.05) is 36.4 Å². The summed E-state index contributed by atoms with van der Waals surface area (Å²) in [6.07, 6.45) is 2.79. The van der Waals surface area contributed by atoms with Crippen molar-refractivity contribution in [1.29, 1.82) is 0 Å². The second-order valence-corrected chi connectivity index (χ2v) is 8.11. The first-order chi connectivity index (χ1) is 16.2. The molecule has 0 bridgehead atoms. The minimum absolute atomic E-state index is 0.116. The Bertz CT molecular complexity index is 1230. The Morgan fingerprint density at radius 1 is 1.06 bits per heavy atom. The van der Waals surface area contributed by atoms with Crippen LogP contribution in [0.25, 0.3) is 11.1 Å². The standard InChI is InChI=1S/C27H26N4O2/c1-33-22-12-10-21(11-13-22)31-17-29-26-25(31)15-14-24(30-27(26)32)19-8-6-18(7-9-19)23-5-3-2-4-20(23)16-28/h2-13,15,24H,14,16-17,28H2,1H3,(H,30,32). The predicted molar refractivity (Wildman–Crippen MR) is 131 cm³/mol. The van der Waals surface area contributed by atoms with E-state index in [9.17, 15) is 4.79 Å². The van der Waals surface area contributed by atoms with Gasteiger partial charge in [-0.05, 0) is 52.9 Å². The van der Waals surface area contributed by atoms with Crippen molar-refractivity contribution in [2.24, 2.45) is 10.7 Å². The normalized spacial score (nSPS) is 17.6. The van der Waals surface area contributed by atoms with Crippen molar-refractivity contribution in [2.75, 3.05) is 18.7 Å². The van der Waals surface area contributed by atoms with E-state index in [1.54, 1.807) is 7.11 Å². The maximum atomic E-state index is 13.0. The summed E-state index contributed by atoms with van der Waals surface area (Å²) in [5, 5.41) is 3.15. The average molecular weight is 439 g/mol. The number of methoxy groups -OCH3 is 1. The van der Waals surface area contributed by atoms with Gasteiger partial charge in [0.05, 0.1) is 18.8 Å². The number of nitrogens with two attached hydrogens (primary N) is 1. The van der Waals surface area contributed by atoms with Crippen LogP contribution in [0.4, 0.5) is 5.69 Å². The third-order valence-corrected chi connectivity index (χ3v) is 6.22. The summed E-state index contributed by atoms with van der Waals surface area (Å²) in [5.41, 5.74) is 12.7. The number of anilines is 1. The molecule has 0 saturated heterocycles. The van der Waals surface area contributed by atoms with Crippen LogP contribution < -0.4 is 20.7 Å². The fraction of sp³-hybridized carbons (Fsp3) is 0.185. The van der Waals surface area contributed by atoms with Crippen LogP contribution >= 0.6 is 0 Å². The molecule has 2 aliphatic heterocycles. The smallest absolute Gasteiger partial charge is 0.272 e. The Balaban J connectivity index is 1.38. The second-order valence-electron chi connectivity index (χ2n) is 8.11. The molecule has 166 valence electrons. The SMILES string of the molecule is COc1ccc(N2CN=C3C(=O)NC(c4ccc(-c5ccccc5CN)cc4)CC=C32)cc1. The van der Waals surface area contributed by atoms with Gasteiger partial charge in [-0.15, -0.1) is 0 Å². The van der Waals surface area contributed by atoms with E-state index < -0.39 is 0 Å². The van der Waals surface area contributed by atoms with Crippen LogP contribution in [-0.2, 0) is 11.3 Å². The van der Waals surface area contributed by atoms with Gasteiger partial charge in [-0.3, -0.25) is 9.79 Å². The van der Waals surface area contributed by atoms with Crippen molar-refractivity contribution in [1.82, 2.24) is 5.32 Å². The lowest BCUT2D eigenvalue weighted by Crippen LogP contribution is -2.33. The first kappa shape index (κ1) is 21.0. The topological polar surface area (TPSA) is 80.0 Å². The number of nitrogens with one attached hydrogen (secondary N) is 1.